The number of imidazole rings is 1. The lowest BCUT2D eigenvalue weighted by Gasteiger charge is -2.07. The molecule has 0 saturated carbocycles. The van der Waals surface area contributed by atoms with E-state index in [1.54, 1.807) is 19.1 Å². The molecule has 2 heterocycles. The second-order valence-corrected chi connectivity index (χ2v) is 5.14. The van der Waals surface area contributed by atoms with Crippen LogP contribution in [0.25, 0.3) is 5.65 Å². The Balaban J connectivity index is 2.04. The quantitative estimate of drug-likeness (QED) is 0.780. The monoisotopic (exact) mass is 321 g/mol. The first kappa shape index (κ1) is 14.5. The third-order valence-corrected chi connectivity index (χ3v) is 3.37. The van der Waals surface area contributed by atoms with Crippen LogP contribution in [0.15, 0.2) is 36.5 Å². The van der Waals surface area contributed by atoms with Gasteiger partial charge in [0.25, 0.3) is 5.91 Å². The number of aromatic nitrogens is 2. The highest BCUT2D eigenvalue weighted by molar-refractivity contribution is 6.30. The van der Waals surface area contributed by atoms with Gasteiger partial charge in [-0.25, -0.2) is 13.8 Å². The Hall–Kier alpha value is -2.47. The summed E-state index contributed by atoms with van der Waals surface area (Å²) in [5.41, 5.74) is 0.964. The van der Waals surface area contributed by atoms with Crippen LogP contribution in [0.3, 0.4) is 0 Å². The maximum atomic E-state index is 13.6. The molecule has 0 bridgehead atoms. The van der Waals surface area contributed by atoms with Crippen molar-refractivity contribution in [2.24, 2.45) is 0 Å². The maximum absolute atomic E-state index is 13.6. The van der Waals surface area contributed by atoms with Gasteiger partial charge in [-0.05, 0) is 31.2 Å². The molecule has 112 valence electrons. The number of benzene rings is 1. The van der Waals surface area contributed by atoms with E-state index < -0.39 is 17.5 Å². The molecule has 2 aromatic heterocycles. The second-order valence-electron chi connectivity index (χ2n) is 4.70. The van der Waals surface area contributed by atoms with E-state index in [4.69, 9.17) is 11.6 Å². The number of halogens is 3. The highest BCUT2D eigenvalue weighted by Crippen LogP contribution is 2.20. The fraction of sp³-hybridized carbons (Fsp3) is 0.0667. The summed E-state index contributed by atoms with van der Waals surface area (Å²) in [4.78, 5) is 16.6. The summed E-state index contributed by atoms with van der Waals surface area (Å²) in [5, 5.41) is 2.77. The Morgan fingerprint density at radius 1 is 1.27 bits per heavy atom. The van der Waals surface area contributed by atoms with Gasteiger partial charge >= 0.3 is 0 Å². The molecule has 0 radical (unpaired) electrons. The molecule has 1 N–H and O–H groups in total. The lowest BCUT2D eigenvalue weighted by Crippen LogP contribution is -2.16. The van der Waals surface area contributed by atoms with Gasteiger partial charge in [0.1, 0.15) is 23.0 Å². The van der Waals surface area contributed by atoms with Crippen LogP contribution in [0.1, 0.15) is 16.2 Å². The number of rotatable bonds is 2. The van der Waals surface area contributed by atoms with Gasteiger partial charge in [0.2, 0.25) is 0 Å². The lowest BCUT2D eigenvalue weighted by atomic mass is 10.2. The van der Waals surface area contributed by atoms with Crippen molar-refractivity contribution in [3.63, 3.8) is 0 Å². The molecule has 0 fully saturated rings. The first-order valence-corrected chi connectivity index (χ1v) is 6.74. The number of fused-ring (bicyclic) bond motifs is 1. The van der Waals surface area contributed by atoms with Crippen molar-refractivity contribution in [1.29, 1.82) is 0 Å². The molecule has 1 amide bonds. The zero-order valence-electron chi connectivity index (χ0n) is 11.4. The number of hydrogen-bond donors (Lipinski definition) is 1. The summed E-state index contributed by atoms with van der Waals surface area (Å²) < 4.78 is 28.3. The number of nitrogens with one attached hydrogen (secondary N) is 1. The van der Waals surface area contributed by atoms with Gasteiger partial charge in [-0.1, -0.05) is 11.6 Å². The van der Waals surface area contributed by atoms with E-state index in [1.807, 2.05) is 0 Å². The van der Waals surface area contributed by atoms with Gasteiger partial charge in [0.05, 0.1) is 16.4 Å². The molecule has 3 rings (SSSR count). The van der Waals surface area contributed by atoms with Crippen LogP contribution in [-0.4, -0.2) is 15.3 Å². The summed E-state index contributed by atoms with van der Waals surface area (Å²) >= 11 is 5.92. The molecule has 4 nitrogen and oxygen atoms in total. The highest BCUT2D eigenvalue weighted by atomic mass is 35.5. The van der Waals surface area contributed by atoms with Crippen molar-refractivity contribution in [3.05, 3.63) is 64.6 Å². The van der Waals surface area contributed by atoms with E-state index in [2.05, 4.69) is 10.3 Å². The molecule has 22 heavy (non-hydrogen) atoms. The molecule has 0 aliphatic rings. The van der Waals surface area contributed by atoms with E-state index >= 15 is 0 Å². The lowest BCUT2D eigenvalue weighted by molar-refractivity contribution is 0.102. The molecule has 3 aromatic rings. The smallest absolute Gasteiger partial charge is 0.274 e. The van der Waals surface area contributed by atoms with Crippen LogP contribution in [0.4, 0.5) is 14.5 Å². The van der Waals surface area contributed by atoms with Crippen molar-refractivity contribution in [2.45, 2.75) is 6.92 Å². The number of carbonyl (C=O) groups is 1. The third kappa shape index (κ3) is 2.53. The predicted octanol–water partition coefficient (Wildman–Crippen LogP) is 3.83. The number of hydrogen-bond acceptors (Lipinski definition) is 2. The number of aryl methyl sites for hydroxylation is 1. The van der Waals surface area contributed by atoms with Crippen LogP contribution >= 0.6 is 11.6 Å². The second kappa shape index (κ2) is 5.38. The van der Waals surface area contributed by atoms with Crippen molar-refractivity contribution in [1.82, 2.24) is 9.38 Å². The summed E-state index contributed by atoms with van der Waals surface area (Å²) in [6.45, 7) is 1.65. The van der Waals surface area contributed by atoms with Crippen molar-refractivity contribution < 1.29 is 13.6 Å². The maximum Gasteiger partial charge on any atom is 0.274 e. The van der Waals surface area contributed by atoms with E-state index in [1.165, 1.54) is 10.6 Å². The molecular formula is C15H10ClF2N3O. The summed E-state index contributed by atoms with van der Waals surface area (Å²) in [6.07, 6.45) is 1.54. The summed E-state index contributed by atoms with van der Waals surface area (Å²) in [7, 11) is 0. The average molecular weight is 322 g/mol. The van der Waals surface area contributed by atoms with E-state index in [0.717, 1.165) is 18.2 Å². The van der Waals surface area contributed by atoms with Gasteiger partial charge in [0, 0.05) is 12.3 Å². The molecule has 0 aliphatic heterocycles. The van der Waals surface area contributed by atoms with E-state index in [0.29, 0.717) is 16.4 Å². The Kier molecular flexibility index (Phi) is 3.54. The Morgan fingerprint density at radius 3 is 2.82 bits per heavy atom. The molecule has 0 spiro atoms. The number of anilines is 1. The first-order valence-electron chi connectivity index (χ1n) is 6.36. The van der Waals surface area contributed by atoms with Crippen LogP contribution in [-0.2, 0) is 0 Å². The van der Waals surface area contributed by atoms with E-state index in [-0.39, 0.29) is 11.4 Å². The summed E-state index contributed by atoms with van der Waals surface area (Å²) in [6, 6.07) is 6.15. The van der Waals surface area contributed by atoms with Crippen LogP contribution in [0, 0.1) is 18.6 Å². The third-order valence-electron chi connectivity index (χ3n) is 3.15. The molecule has 0 aliphatic carbocycles. The van der Waals surface area contributed by atoms with E-state index in [9.17, 15) is 13.6 Å². The van der Waals surface area contributed by atoms with Crippen molar-refractivity contribution in [2.75, 3.05) is 5.32 Å². The molecular weight excluding hydrogens is 312 g/mol. The Morgan fingerprint density at radius 2 is 2.05 bits per heavy atom. The zero-order chi connectivity index (χ0) is 15.9. The Bertz CT molecular complexity index is 892. The average Bonchev–Trinajstić information content (AvgIpc) is 2.78. The predicted molar refractivity (Wildman–Crippen MR) is 79.3 cm³/mol. The van der Waals surface area contributed by atoms with Gasteiger partial charge in [-0.3, -0.25) is 9.20 Å². The first-order chi connectivity index (χ1) is 10.5. The molecule has 0 saturated heterocycles. The van der Waals surface area contributed by atoms with Gasteiger partial charge in [-0.15, -0.1) is 0 Å². The van der Waals surface area contributed by atoms with Crippen LogP contribution in [0.2, 0.25) is 5.02 Å². The number of nitrogens with zero attached hydrogens (tertiary/aromatic N) is 2. The molecule has 0 atom stereocenters. The molecule has 0 unspecified atom stereocenters. The standard InChI is InChI=1S/C15H10ClF2N3O/c1-8-14(21-7-9(16)2-5-13(21)19-8)15(22)20-12-6-10(17)3-4-11(12)18/h2-7H,1H3,(H,20,22). The largest absolute Gasteiger partial charge is 0.318 e. The Labute approximate surface area is 129 Å². The molecule has 1 aromatic carbocycles. The summed E-state index contributed by atoms with van der Waals surface area (Å²) in [5.74, 6) is -1.97. The fourth-order valence-electron chi connectivity index (χ4n) is 2.18. The van der Waals surface area contributed by atoms with Crippen LogP contribution in [0.5, 0.6) is 0 Å². The minimum Gasteiger partial charge on any atom is -0.318 e. The normalized spacial score (nSPS) is 10.9. The minimum atomic E-state index is -0.723. The molecule has 7 heteroatoms. The highest BCUT2D eigenvalue weighted by Gasteiger charge is 2.18. The fourth-order valence-corrected chi connectivity index (χ4v) is 2.35. The number of amides is 1. The van der Waals surface area contributed by atoms with Crippen molar-refractivity contribution >= 4 is 28.8 Å². The zero-order valence-corrected chi connectivity index (χ0v) is 12.2. The topological polar surface area (TPSA) is 46.4 Å². The van der Waals surface area contributed by atoms with Gasteiger partial charge in [-0.2, -0.15) is 0 Å². The van der Waals surface area contributed by atoms with Crippen molar-refractivity contribution in [3.8, 4) is 0 Å². The van der Waals surface area contributed by atoms with Gasteiger partial charge in [0.15, 0.2) is 0 Å². The number of carbonyl (C=O) groups excluding carboxylic acids is 1. The number of pyridine rings is 1. The minimum absolute atomic E-state index is 0.209. The van der Waals surface area contributed by atoms with Gasteiger partial charge < -0.3 is 5.32 Å². The van der Waals surface area contributed by atoms with Crippen LogP contribution < -0.4 is 5.32 Å². The SMILES string of the molecule is Cc1nc2ccc(Cl)cn2c1C(=O)Nc1cc(F)ccc1F.